The number of benzene rings is 2. The molecule has 0 aliphatic rings. The smallest absolute Gasteiger partial charge is 0.345 e. The highest BCUT2D eigenvalue weighted by molar-refractivity contribution is 5.91. The summed E-state index contributed by atoms with van der Waals surface area (Å²) in [6.45, 7) is 0. The highest BCUT2D eigenvalue weighted by atomic mass is 16.6. The Morgan fingerprint density at radius 2 is 1.91 bits per heavy atom. The summed E-state index contributed by atoms with van der Waals surface area (Å²) in [4.78, 5) is 36.6. The van der Waals surface area contributed by atoms with E-state index < -0.39 is 27.2 Å². The second kappa shape index (κ2) is 9.75. The molecular weight excluding hydrogens is 422 g/mol. The van der Waals surface area contributed by atoms with E-state index in [1.807, 2.05) is 0 Å². The first-order chi connectivity index (χ1) is 15.4. The molecule has 0 bridgehead atoms. The van der Waals surface area contributed by atoms with Crippen molar-refractivity contribution in [3.8, 4) is 11.5 Å². The van der Waals surface area contributed by atoms with Crippen LogP contribution in [-0.2, 0) is 0 Å². The van der Waals surface area contributed by atoms with Gasteiger partial charge in [-0.05, 0) is 42.0 Å². The Hall–Kier alpha value is -4.87. The van der Waals surface area contributed by atoms with Gasteiger partial charge in [0.05, 0.1) is 34.8 Å². The summed E-state index contributed by atoms with van der Waals surface area (Å²) >= 11 is 0. The quantitative estimate of drug-likeness (QED) is 0.183. The van der Waals surface area contributed by atoms with E-state index in [4.69, 9.17) is 9.47 Å². The molecule has 0 unspecified atom stereocenters. The van der Waals surface area contributed by atoms with E-state index >= 15 is 0 Å². The van der Waals surface area contributed by atoms with Crippen LogP contribution in [0, 0.1) is 20.2 Å². The van der Waals surface area contributed by atoms with Gasteiger partial charge in [0.1, 0.15) is 5.69 Å². The van der Waals surface area contributed by atoms with Crippen LogP contribution in [0.2, 0.25) is 0 Å². The van der Waals surface area contributed by atoms with Crippen LogP contribution in [0.5, 0.6) is 11.5 Å². The molecule has 0 atom stereocenters. The number of nitro groups is 2. The lowest BCUT2D eigenvalue weighted by Crippen LogP contribution is -2.09. The van der Waals surface area contributed by atoms with Crippen LogP contribution in [0.1, 0.15) is 15.9 Å². The minimum absolute atomic E-state index is 0.0224. The minimum Gasteiger partial charge on any atom is -0.493 e. The third kappa shape index (κ3) is 5.18. The van der Waals surface area contributed by atoms with Gasteiger partial charge in [0.2, 0.25) is 0 Å². The lowest BCUT2D eigenvalue weighted by molar-refractivity contribution is -0.393. The highest BCUT2D eigenvalue weighted by Crippen LogP contribution is 2.30. The van der Waals surface area contributed by atoms with Crippen LogP contribution in [0.25, 0.3) is 0 Å². The van der Waals surface area contributed by atoms with Crippen molar-refractivity contribution in [2.75, 3.05) is 12.5 Å². The fourth-order valence-electron chi connectivity index (χ4n) is 2.55. The molecule has 12 heteroatoms. The van der Waals surface area contributed by atoms with Gasteiger partial charge in [-0.3, -0.25) is 30.6 Å². The van der Waals surface area contributed by atoms with Crippen molar-refractivity contribution < 1.29 is 24.1 Å². The van der Waals surface area contributed by atoms with E-state index in [2.05, 4.69) is 15.5 Å². The zero-order valence-corrected chi connectivity index (χ0v) is 16.5. The van der Waals surface area contributed by atoms with Crippen LogP contribution in [0.4, 0.5) is 17.1 Å². The predicted molar refractivity (Wildman–Crippen MR) is 113 cm³/mol. The van der Waals surface area contributed by atoms with Gasteiger partial charge >= 0.3 is 11.7 Å². The van der Waals surface area contributed by atoms with E-state index in [1.165, 1.54) is 37.9 Å². The number of ether oxygens (including phenoxy) is 2. The van der Waals surface area contributed by atoms with E-state index in [9.17, 15) is 25.0 Å². The summed E-state index contributed by atoms with van der Waals surface area (Å²) in [6.07, 6.45) is 4.25. The molecule has 0 saturated heterocycles. The summed E-state index contributed by atoms with van der Waals surface area (Å²) in [5.41, 5.74) is 2.36. The number of hydrogen-bond donors (Lipinski definition) is 1. The number of carbonyl (C=O) groups excluding carboxylic acids is 1. The number of carbonyl (C=O) groups is 1. The van der Waals surface area contributed by atoms with Crippen molar-refractivity contribution in [2.45, 2.75) is 0 Å². The molecule has 0 saturated carbocycles. The molecule has 0 radical (unpaired) electrons. The number of non-ortho nitro benzene ring substituents is 1. The number of nitrogens with one attached hydrogen (secondary N) is 1. The van der Waals surface area contributed by atoms with Crippen molar-refractivity contribution >= 4 is 29.2 Å². The van der Waals surface area contributed by atoms with Crippen molar-refractivity contribution in [1.82, 2.24) is 4.98 Å². The molecular formula is C20H15N5O7. The maximum absolute atomic E-state index is 12.2. The number of aromatic nitrogens is 1. The molecule has 0 fully saturated rings. The summed E-state index contributed by atoms with van der Waals surface area (Å²) < 4.78 is 10.6. The van der Waals surface area contributed by atoms with E-state index in [-0.39, 0.29) is 22.7 Å². The highest BCUT2D eigenvalue weighted by Gasteiger charge is 2.19. The van der Waals surface area contributed by atoms with Crippen LogP contribution < -0.4 is 14.9 Å². The SMILES string of the molecule is COc1cc(/C=N/Nc2ccc([N+](=O)[O-])cc2[N+](=O)[O-])ccc1OC(=O)c1cccnc1. The third-order valence-electron chi connectivity index (χ3n) is 4.08. The van der Waals surface area contributed by atoms with Crippen LogP contribution in [0.3, 0.4) is 0 Å². The molecule has 32 heavy (non-hydrogen) atoms. The number of methoxy groups -OCH3 is 1. The topological polar surface area (TPSA) is 159 Å². The number of hydrogen-bond acceptors (Lipinski definition) is 10. The molecule has 0 spiro atoms. The Bertz CT molecular complexity index is 1200. The first-order valence-electron chi connectivity index (χ1n) is 8.91. The van der Waals surface area contributed by atoms with Gasteiger partial charge < -0.3 is 9.47 Å². The van der Waals surface area contributed by atoms with Crippen LogP contribution in [0.15, 0.2) is 66.0 Å². The summed E-state index contributed by atoms with van der Waals surface area (Å²) in [5, 5.41) is 25.9. The lowest BCUT2D eigenvalue weighted by Gasteiger charge is -2.09. The Kier molecular flexibility index (Phi) is 6.65. The number of nitro benzene ring substituents is 2. The normalized spacial score (nSPS) is 10.5. The fraction of sp³-hybridized carbons (Fsp3) is 0.0500. The molecule has 1 N–H and O–H groups in total. The summed E-state index contributed by atoms with van der Waals surface area (Å²) in [7, 11) is 1.40. The van der Waals surface area contributed by atoms with Gasteiger partial charge in [-0.15, -0.1) is 0 Å². The largest absolute Gasteiger partial charge is 0.493 e. The first kappa shape index (κ1) is 21.8. The third-order valence-corrected chi connectivity index (χ3v) is 4.08. The number of pyridine rings is 1. The standard InChI is InChI=1S/C20H15N5O7/c1-31-19-9-13(4-7-18(19)32-20(26)14-3-2-8-21-12-14)11-22-23-16-6-5-15(24(27)28)10-17(16)25(29)30/h2-12,23H,1H3/b22-11+. The van der Waals surface area contributed by atoms with Gasteiger partial charge in [-0.1, -0.05) is 0 Å². The Labute approximate surface area is 180 Å². The number of anilines is 1. The monoisotopic (exact) mass is 437 g/mol. The number of hydrazone groups is 1. The molecule has 162 valence electrons. The zero-order chi connectivity index (χ0) is 23.1. The maximum atomic E-state index is 12.2. The van der Waals surface area contributed by atoms with Crippen molar-refractivity contribution in [3.05, 3.63) is 92.3 Å². The molecule has 1 aromatic heterocycles. The van der Waals surface area contributed by atoms with Crippen LogP contribution >= 0.6 is 0 Å². The molecule has 0 amide bonds. The molecule has 12 nitrogen and oxygen atoms in total. The molecule has 0 aliphatic heterocycles. The Morgan fingerprint density at radius 3 is 2.56 bits per heavy atom. The molecule has 3 rings (SSSR count). The van der Waals surface area contributed by atoms with Crippen LogP contribution in [-0.4, -0.2) is 34.1 Å². The second-order valence-corrected chi connectivity index (χ2v) is 6.13. The van der Waals surface area contributed by atoms with Gasteiger partial charge in [0, 0.05) is 18.5 Å². The summed E-state index contributed by atoms with van der Waals surface area (Å²) in [5.74, 6) is -0.171. The number of nitrogens with zero attached hydrogens (tertiary/aromatic N) is 4. The van der Waals surface area contributed by atoms with Crippen molar-refractivity contribution in [3.63, 3.8) is 0 Å². The fourth-order valence-corrected chi connectivity index (χ4v) is 2.55. The second-order valence-electron chi connectivity index (χ2n) is 6.13. The van der Waals surface area contributed by atoms with Crippen molar-refractivity contribution in [2.24, 2.45) is 5.10 Å². The number of rotatable bonds is 8. The van der Waals surface area contributed by atoms with Gasteiger partial charge in [-0.2, -0.15) is 5.10 Å². The van der Waals surface area contributed by atoms with E-state index in [0.29, 0.717) is 5.56 Å². The lowest BCUT2D eigenvalue weighted by atomic mass is 10.2. The average Bonchev–Trinajstić information content (AvgIpc) is 2.80. The molecule has 3 aromatic rings. The van der Waals surface area contributed by atoms with Gasteiger partial charge in [0.15, 0.2) is 11.5 Å². The molecule has 1 heterocycles. The predicted octanol–water partition coefficient (Wildman–Crippen LogP) is 3.57. The first-order valence-corrected chi connectivity index (χ1v) is 8.91. The Balaban J connectivity index is 1.75. The van der Waals surface area contributed by atoms with Gasteiger partial charge in [-0.25, -0.2) is 4.79 Å². The van der Waals surface area contributed by atoms with E-state index in [1.54, 1.807) is 24.3 Å². The molecule has 0 aliphatic carbocycles. The Morgan fingerprint density at radius 1 is 1.09 bits per heavy atom. The van der Waals surface area contributed by atoms with Crippen molar-refractivity contribution in [1.29, 1.82) is 0 Å². The summed E-state index contributed by atoms with van der Waals surface area (Å²) in [6, 6.07) is 11.0. The van der Waals surface area contributed by atoms with E-state index in [0.717, 1.165) is 12.1 Å². The maximum Gasteiger partial charge on any atom is 0.345 e. The molecule has 2 aromatic carbocycles. The zero-order valence-electron chi connectivity index (χ0n) is 16.5. The van der Waals surface area contributed by atoms with Gasteiger partial charge in [0.25, 0.3) is 5.69 Å². The average molecular weight is 437 g/mol. The minimum atomic E-state index is -0.751. The number of esters is 1.